The Hall–Kier alpha value is -1.03. The van der Waals surface area contributed by atoms with E-state index >= 15 is 0 Å². The Balaban J connectivity index is 2.81. The lowest BCUT2D eigenvalue weighted by Crippen LogP contribution is -2.38. The lowest BCUT2D eigenvalue weighted by Gasteiger charge is -2.15. The highest BCUT2D eigenvalue weighted by Crippen LogP contribution is 2.24. The number of nitrogens with two attached hydrogens (primary N) is 1. The van der Waals surface area contributed by atoms with Crippen molar-refractivity contribution in [1.82, 2.24) is 9.62 Å². The molecule has 0 aliphatic heterocycles. The molecule has 20 heavy (non-hydrogen) atoms. The summed E-state index contributed by atoms with van der Waals surface area (Å²) < 4.78 is 25.6. The number of thiocarbonyl (C=S) groups is 1. The minimum absolute atomic E-state index is 0.117. The maximum atomic E-state index is 12.2. The second-order valence-electron chi connectivity index (χ2n) is 4.09. The SMILES string of the molecule is CCCNC(=O)CN(C)S(=O)(=O)c1ccc(C(N)=S)s1. The molecule has 0 spiro atoms. The highest BCUT2D eigenvalue weighted by Gasteiger charge is 2.24. The third-order valence-corrected chi connectivity index (χ3v) is 6.17. The van der Waals surface area contributed by atoms with Gasteiger partial charge in [0.1, 0.15) is 9.20 Å². The molecular formula is C11H17N3O3S3. The summed E-state index contributed by atoms with van der Waals surface area (Å²) >= 11 is 5.79. The van der Waals surface area contributed by atoms with Crippen LogP contribution < -0.4 is 11.1 Å². The van der Waals surface area contributed by atoms with Gasteiger partial charge in [0.15, 0.2) is 0 Å². The van der Waals surface area contributed by atoms with Gasteiger partial charge in [-0.05, 0) is 18.6 Å². The van der Waals surface area contributed by atoms with Gasteiger partial charge in [-0.1, -0.05) is 19.1 Å². The summed E-state index contributed by atoms with van der Waals surface area (Å²) in [6.07, 6.45) is 0.796. The third-order valence-electron chi connectivity index (χ3n) is 2.43. The zero-order valence-corrected chi connectivity index (χ0v) is 13.7. The normalized spacial score (nSPS) is 11.6. The maximum absolute atomic E-state index is 12.2. The van der Waals surface area contributed by atoms with E-state index < -0.39 is 10.0 Å². The topological polar surface area (TPSA) is 92.5 Å². The molecule has 0 radical (unpaired) electrons. The minimum Gasteiger partial charge on any atom is -0.389 e. The molecule has 1 aromatic rings. The van der Waals surface area contributed by atoms with Crippen molar-refractivity contribution in [2.24, 2.45) is 5.73 Å². The fourth-order valence-corrected chi connectivity index (χ4v) is 4.04. The average Bonchev–Trinajstić information content (AvgIpc) is 2.86. The number of hydrogen-bond acceptors (Lipinski definition) is 5. The molecule has 9 heteroatoms. The number of thiophene rings is 1. The number of nitrogens with zero attached hydrogens (tertiary/aromatic N) is 1. The molecule has 0 fully saturated rings. The zero-order valence-electron chi connectivity index (χ0n) is 11.3. The van der Waals surface area contributed by atoms with Gasteiger partial charge in [-0.3, -0.25) is 4.79 Å². The monoisotopic (exact) mass is 335 g/mol. The Morgan fingerprint density at radius 2 is 2.15 bits per heavy atom. The van der Waals surface area contributed by atoms with Gasteiger partial charge in [-0.25, -0.2) is 8.42 Å². The molecule has 0 aliphatic rings. The number of likely N-dealkylation sites (N-methyl/N-ethyl adjacent to an activating group) is 1. The number of rotatable bonds is 7. The molecule has 0 saturated heterocycles. The van der Waals surface area contributed by atoms with Crippen molar-refractivity contribution >= 4 is 44.5 Å². The molecular weight excluding hydrogens is 318 g/mol. The van der Waals surface area contributed by atoms with E-state index in [1.54, 1.807) is 6.07 Å². The largest absolute Gasteiger partial charge is 0.389 e. The fourth-order valence-electron chi connectivity index (χ4n) is 1.35. The number of sulfonamides is 1. The lowest BCUT2D eigenvalue weighted by molar-refractivity contribution is -0.121. The first-order valence-electron chi connectivity index (χ1n) is 5.91. The molecule has 1 aromatic heterocycles. The highest BCUT2D eigenvalue weighted by molar-refractivity contribution is 7.91. The maximum Gasteiger partial charge on any atom is 0.252 e. The average molecular weight is 335 g/mol. The van der Waals surface area contributed by atoms with E-state index in [-0.39, 0.29) is 21.6 Å². The van der Waals surface area contributed by atoms with E-state index in [9.17, 15) is 13.2 Å². The highest BCUT2D eigenvalue weighted by atomic mass is 32.2. The molecule has 6 nitrogen and oxygen atoms in total. The molecule has 3 N–H and O–H groups in total. The van der Waals surface area contributed by atoms with Crippen LogP contribution in [0.4, 0.5) is 0 Å². The molecule has 1 amide bonds. The number of carbonyl (C=O) groups excluding carboxylic acids is 1. The van der Waals surface area contributed by atoms with Crippen LogP contribution in [0.2, 0.25) is 0 Å². The molecule has 112 valence electrons. The van der Waals surface area contributed by atoms with Gasteiger partial charge in [0.25, 0.3) is 10.0 Å². The van der Waals surface area contributed by atoms with Crippen LogP contribution in [0, 0.1) is 0 Å². The Kier molecular flexibility index (Phi) is 6.06. The summed E-state index contributed by atoms with van der Waals surface area (Å²) in [4.78, 5) is 12.2. The standard InChI is InChI=1S/C11H17N3O3S3/c1-3-6-13-9(15)7-14(2)20(16,17)10-5-4-8(19-10)11(12)18/h4-5H,3,6-7H2,1-2H3,(H2,12,18)(H,13,15). The Labute approximate surface area is 128 Å². The summed E-state index contributed by atoms with van der Waals surface area (Å²) in [7, 11) is -2.33. The van der Waals surface area contributed by atoms with E-state index in [4.69, 9.17) is 18.0 Å². The van der Waals surface area contributed by atoms with Crippen LogP contribution in [-0.2, 0) is 14.8 Å². The minimum atomic E-state index is -3.70. The Morgan fingerprint density at radius 3 is 2.65 bits per heavy atom. The van der Waals surface area contributed by atoms with E-state index in [2.05, 4.69) is 5.32 Å². The number of nitrogens with one attached hydrogen (secondary N) is 1. The van der Waals surface area contributed by atoms with Crippen LogP contribution in [0.3, 0.4) is 0 Å². The second kappa shape index (κ2) is 7.11. The van der Waals surface area contributed by atoms with Crippen molar-refractivity contribution < 1.29 is 13.2 Å². The van der Waals surface area contributed by atoms with Crippen molar-refractivity contribution in [1.29, 1.82) is 0 Å². The molecule has 0 saturated carbocycles. The smallest absolute Gasteiger partial charge is 0.252 e. The predicted molar refractivity (Wildman–Crippen MR) is 83.3 cm³/mol. The number of amides is 1. The van der Waals surface area contributed by atoms with Gasteiger partial charge in [0.05, 0.1) is 11.4 Å². The van der Waals surface area contributed by atoms with Crippen LogP contribution >= 0.6 is 23.6 Å². The molecule has 1 heterocycles. The summed E-state index contributed by atoms with van der Waals surface area (Å²) in [5.74, 6) is -0.330. The van der Waals surface area contributed by atoms with Gasteiger partial charge >= 0.3 is 0 Å². The number of carbonyl (C=O) groups is 1. The molecule has 0 atom stereocenters. The van der Waals surface area contributed by atoms with Crippen molar-refractivity contribution in [2.75, 3.05) is 20.1 Å². The van der Waals surface area contributed by atoms with Crippen molar-refractivity contribution in [2.45, 2.75) is 17.6 Å². The summed E-state index contributed by atoms with van der Waals surface area (Å²) in [6, 6.07) is 3.00. The molecule has 1 rings (SSSR count). The van der Waals surface area contributed by atoms with Crippen molar-refractivity contribution in [3.8, 4) is 0 Å². The van der Waals surface area contributed by atoms with Crippen molar-refractivity contribution in [3.63, 3.8) is 0 Å². The van der Waals surface area contributed by atoms with Crippen LogP contribution in [0.25, 0.3) is 0 Å². The predicted octanol–water partition coefficient (Wildman–Crippen LogP) is 0.529. The Bertz CT molecular complexity index is 595. The fraction of sp³-hybridized carbons (Fsp3) is 0.455. The Morgan fingerprint density at radius 1 is 1.50 bits per heavy atom. The quantitative estimate of drug-likeness (QED) is 0.709. The van der Waals surface area contributed by atoms with Gasteiger partial charge in [-0.2, -0.15) is 4.31 Å². The zero-order chi connectivity index (χ0) is 15.3. The molecule has 0 aromatic carbocycles. The lowest BCUT2D eigenvalue weighted by atomic mass is 10.4. The first kappa shape index (κ1) is 17.0. The van der Waals surface area contributed by atoms with Crippen molar-refractivity contribution in [3.05, 3.63) is 17.0 Å². The van der Waals surface area contributed by atoms with E-state index in [0.29, 0.717) is 11.4 Å². The van der Waals surface area contributed by atoms with E-state index in [1.807, 2.05) is 6.92 Å². The number of hydrogen-bond donors (Lipinski definition) is 2. The second-order valence-corrected chi connectivity index (χ2v) is 7.89. The first-order valence-corrected chi connectivity index (χ1v) is 8.58. The van der Waals surface area contributed by atoms with Gasteiger partial charge in [0, 0.05) is 13.6 Å². The van der Waals surface area contributed by atoms with E-state index in [0.717, 1.165) is 22.1 Å². The van der Waals surface area contributed by atoms with Crippen LogP contribution in [-0.4, -0.2) is 43.8 Å². The summed E-state index contributed by atoms with van der Waals surface area (Å²) in [5, 5.41) is 2.63. The van der Waals surface area contributed by atoms with E-state index in [1.165, 1.54) is 13.1 Å². The molecule has 0 bridgehead atoms. The molecule has 0 aliphatic carbocycles. The van der Waals surface area contributed by atoms with Crippen LogP contribution in [0.1, 0.15) is 18.2 Å². The van der Waals surface area contributed by atoms with Crippen LogP contribution in [0.5, 0.6) is 0 Å². The molecule has 0 unspecified atom stereocenters. The summed E-state index contributed by atoms with van der Waals surface area (Å²) in [5.41, 5.74) is 5.45. The third kappa shape index (κ3) is 4.23. The van der Waals surface area contributed by atoms with Crippen LogP contribution in [0.15, 0.2) is 16.3 Å². The van der Waals surface area contributed by atoms with Gasteiger partial charge < -0.3 is 11.1 Å². The van der Waals surface area contributed by atoms with Gasteiger partial charge in [-0.15, -0.1) is 11.3 Å². The van der Waals surface area contributed by atoms with Gasteiger partial charge in [0.2, 0.25) is 5.91 Å². The summed E-state index contributed by atoms with van der Waals surface area (Å²) in [6.45, 7) is 2.23. The first-order chi connectivity index (χ1) is 9.28.